The molecule has 0 radical (unpaired) electrons. The van der Waals surface area contributed by atoms with Crippen LogP contribution in [0, 0.1) is 19.8 Å². The van der Waals surface area contributed by atoms with Crippen molar-refractivity contribution in [3.05, 3.63) is 94.5 Å². The molecule has 1 amide bonds. The highest BCUT2D eigenvalue weighted by molar-refractivity contribution is 6.21. The Bertz CT molecular complexity index is 1510. The maximum absolute atomic E-state index is 13.7. The number of carbonyl (C=O) groups is 1. The SMILES string of the molecule is Cc1cc(C)cc(-n2c(O)c(/C(=N/NC(=O)C3CCCC3)c3ccccc3)c3ccc(C(F)(F)F)cc32)c1. The number of aryl methyl sites for hydroxylation is 2. The number of benzene rings is 3. The molecule has 1 aliphatic rings. The molecule has 2 N–H and O–H groups in total. The average molecular weight is 520 g/mol. The van der Waals surface area contributed by atoms with Crippen LogP contribution in [0.25, 0.3) is 16.6 Å². The lowest BCUT2D eigenvalue weighted by Crippen LogP contribution is -2.26. The van der Waals surface area contributed by atoms with Crippen LogP contribution < -0.4 is 5.43 Å². The highest BCUT2D eigenvalue weighted by Gasteiger charge is 2.33. The molecule has 3 aromatic carbocycles. The average Bonchev–Trinajstić information content (AvgIpc) is 3.50. The van der Waals surface area contributed by atoms with Crippen molar-refractivity contribution in [2.24, 2.45) is 11.0 Å². The maximum Gasteiger partial charge on any atom is 0.416 e. The monoisotopic (exact) mass is 519 g/mol. The second-order valence-corrected chi connectivity index (χ2v) is 9.89. The number of carbonyl (C=O) groups excluding carboxylic acids is 1. The van der Waals surface area contributed by atoms with Crippen LogP contribution in [0.15, 0.2) is 71.8 Å². The van der Waals surface area contributed by atoms with Gasteiger partial charge >= 0.3 is 6.18 Å². The molecule has 196 valence electrons. The Labute approximate surface area is 218 Å². The fourth-order valence-electron chi connectivity index (χ4n) is 5.28. The Kier molecular flexibility index (Phi) is 6.73. The smallest absolute Gasteiger partial charge is 0.416 e. The molecule has 0 unspecified atom stereocenters. The molecule has 1 heterocycles. The summed E-state index contributed by atoms with van der Waals surface area (Å²) in [7, 11) is 0. The summed E-state index contributed by atoms with van der Waals surface area (Å²) in [5.74, 6) is -0.592. The summed E-state index contributed by atoms with van der Waals surface area (Å²) in [6, 6.07) is 17.9. The highest BCUT2D eigenvalue weighted by Crippen LogP contribution is 2.40. The number of fused-ring (bicyclic) bond motifs is 1. The Morgan fingerprint density at radius 1 is 0.974 bits per heavy atom. The predicted octanol–water partition coefficient (Wildman–Crippen LogP) is 7.03. The summed E-state index contributed by atoms with van der Waals surface area (Å²) >= 11 is 0. The second-order valence-electron chi connectivity index (χ2n) is 9.89. The van der Waals surface area contributed by atoms with Crippen molar-refractivity contribution in [3.8, 4) is 11.6 Å². The minimum atomic E-state index is -4.56. The first kappa shape index (κ1) is 25.6. The van der Waals surface area contributed by atoms with E-state index in [-0.39, 0.29) is 34.5 Å². The van der Waals surface area contributed by atoms with Crippen molar-refractivity contribution in [1.82, 2.24) is 9.99 Å². The zero-order chi connectivity index (χ0) is 27.0. The van der Waals surface area contributed by atoms with Crippen molar-refractivity contribution < 1.29 is 23.1 Å². The summed E-state index contributed by atoms with van der Waals surface area (Å²) in [4.78, 5) is 12.8. The van der Waals surface area contributed by atoms with E-state index in [1.165, 1.54) is 10.6 Å². The molecule has 38 heavy (non-hydrogen) atoms. The van der Waals surface area contributed by atoms with Crippen LogP contribution in [0.3, 0.4) is 0 Å². The van der Waals surface area contributed by atoms with Gasteiger partial charge in [0.1, 0.15) is 5.71 Å². The summed E-state index contributed by atoms with van der Waals surface area (Å²) in [5, 5.41) is 16.5. The fraction of sp³-hybridized carbons (Fsp3) is 0.267. The number of amides is 1. The molecule has 0 aliphatic heterocycles. The molecule has 5 nitrogen and oxygen atoms in total. The first-order valence-electron chi connectivity index (χ1n) is 12.6. The Hall–Kier alpha value is -4.07. The number of hydrazone groups is 1. The van der Waals surface area contributed by atoms with Gasteiger partial charge in [0.25, 0.3) is 0 Å². The first-order chi connectivity index (χ1) is 18.1. The summed E-state index contributed by atoms with van der Waals surface area (Å²) in [5.41, 5.74) is 5.46. The molecule has 0 bridgehead atoms. The van der Waals surface area contributed by atoms with E-state index in [0.29, 0.717) is 16.6 Å². The summed E-state index contributed by atoms with van der Waals surface area (Å²) in [6.07, 6.45) is -1.01. The van der Waals surface area contributed by atoms with Gasteiger partial charge in [-0.05, 0) is 62.1 Å². The van der Waals surface area contributed by atoms with Gasteiger partial charge in [-0.1, -0.05) is 55.3 Å². The summed E-state index contributed by atoms with van der Waals surface area (Å²) < 4.78 is 42.6. The zero-order valence-corrected chi connectivity index (χ0v) is 21.1. The molecule has 4 aromatic rings. The van der Waals surface area contributed by atoms with E-state index in [2.05, 4.69) is 10.5 Å². The Balaban J connectivity index is 1.76. The number of halogens is 3. The van der Waals surface area contributed by atoms with Gasteiger partial charge in [-0.3, -0.25) is 9.36 Å². The third kappa shape index (κ3) is 4.90. The van der Waals surface area contributed by atoms with E-state index in [9.17, 15) is 23.1 Å². The van der Waals surface area contributed by atoms with E-state index < -0.39 is 11.7 Å². The number of aromatic hydroxyl groups is 1. The number of alkyl halides is 3. The van der Waals surface area contributed by atoms with Gasteiger partial charge < -0.3 is 5.11 Å². The number of nitrogens with one attached hydrogen (secondary N) is 1. The lowest BCUT2D eigenvalue weighted by Gasteiger charge is -2.12. The van der Waals surface area contributed by atoms with Crippen LogP contribution in [0.2, 0.25) is 0 Å². The van der Waals surface area contributed by atoms with Crippen LogP contribution in [0.4, 0.5) is 13.2 Å². The molecular weight excluding hydrogens is 491 g/mol. The van der Waals surface area contributed by atoms with E-state index in [4.69, 9.17) is 0 Å². The van der Waals surface area contributed by atoms with E-state index in [1.807, 2.05) is 26.0 Å². The number of hydrogen-bond donors (Lipinski definition) is 2. The zero-order valence-electron chi connectivity index (χ0n) is 21.1. The third-order valence-electron chi connectivity index (χ3n) is 7.02. The van der Waals surface area contributed by atoms with Crippen LogP contribution in [-0.4, -0.2) is 21.3 Å². The van der Waals surface area contributed by atoms with Gasteiger partial charge in [-0.15, -0.1) is 0 Å². The van der Waals surface area contributed by atoms with Gasteiger partial charge in [0.05, 0.1) is 16.6 Å². The normalized spacial score (nSPS) is 14.8. The third-order valence-corrected chi connectivity index (χ3v) is 7.02. The summed E-state index contributed by atoms with van der Waals surface area (Å²) in [6.45, 7) is 3.77. The first-order valence-corrected chi connectivity index (χ1v) is 12.6. The minimum absolute atomic E-state index is 0.129. The van der Waals surface area contributed by atoms with Crippen LogP contribution in [0.1, 0.15) is 53.5 Å². The van der Waals surface area contributed by atoms with Crippen molar-refractivity contribution >= 4 is 22.5 Å². The number of rotatable bonds is 5. The molecule has 5 rings (SSSR count). The molecule has 0 spiro atoms. The number of hydrogen-bond acceptors (Lipinski definition) is 3. The lowest BCUT2D eigenvalue weighted by molar-refractivity contribution is -0.137. The van der Waals surface area contributed by atoms with Gasteiger partial charge in [0.15, 0.2) is 0 Å². The standard InChI is InChI=1S/C30H28F3N3O2/c1-18-14-19(2)16-23(15-18)36-25-17-22(30(31,32)33)12-13-24(25)26(29(36)38)27(20-8-4-3-5-9-20)34-35-28(37)21-10-6-7-11-21/h3-5,8-9,12-17,21,38H,6-7,10-11H2,1-2H3,(H,35,37)/b34-27+. The van der Waals surface area contributed by atoms with Crippen molar-refractivity contribution in [3.63, 3.8) is 0 Å². The minimum Gasteiger partial charge on any atom is -0.494 e. The predicted molar refractivity (Wildman–Crippen MR) is 142 cm³/mol. The van der Waals surface area contributed by atoms with Gasteiger partial charge in [-0.25, -0.2) is 5.43 Å². The van der Waals surface area contributed by atoms with Crippen LogP contribution >= 0.6 is 0 Å². The van der Waals surface area contributed by atoms with Crippen molar-refractivity contribution in [2.45, 2.75) is 45.7 Å². The van der Waals surface area contributed by atoms with E-state index in [1.54, 1.807) is 36.4 Å². The molecule has 1 saturated carbocycles. The molecular formula is C30H28F3N3O2. The van der Waals surface area contributed by atoms with Crippen LogP contribution in [-0.2, 0) is 11.0 Å². The molecule has 0 atom stereocenters. The van der Waals surface area contributed by atoms with E-state index >= 15 is 0 Å². The number of aromatic nitrogens is 1. The van der Waals surface area contributed by atoms with Gasteiger partial charge in [-0.2, -0.15) is 18.3 Å². The second kappa shape index (κ2) is 10.0. The molecule has 1 fully saturated rings. The largest absolute Gasteiger partial charge is 0.494 e. The highest BCUT2D eigenvalue weighted by atomic mass is 19.4. The lowest BCUT2D eigenvalue weighted by atomic mass is 10.0. The Morgan fingerprint density at radius 3 is 2.26 bits per heavy atom. The van der Waals surface area contributed by atoms with Crippen molar-refractivity contribution in [1.29, 1.82) is 0 Å². The van der Waals surface area contributed by atoms with Gasteiger partial charge in [0, 0.05) is 22.6 Å². The molecule has 1 aliphatic carbocycles. The Morgan fingerprint density at radius 2 is 1.63 bits per heavy atom. The fourth-order valence-corrected chi connectivity index (χ4v) is 5.28. The van der Waals surface area contributed by atoms with Crippen LogP contribution in [0.5, 0.6) is 5.88 Å². The van der Waals surface area contributed by atoms with Gasteiger partial charge in [0.2, 0.25) is 11.8 Å². The molecule has 8 heteroatoms. The molecule has 0 saturated heterocycles. The topological polar surface area (TPSA) is 66.6 Å². The maximum atomic E-state index is 13.7. The van der Waals surface area contributed by atoms with Crippen molar-refractivity contribution in [2.75, 3.05) is 0 Å². The molecule has 1 aromatic heterocycles. The van der Waals surface area contributed by atoms with E-state index in [0.717, 1.165) is 48.9 Å². The quantitative estimate of drug-likeness (QED) is 0.220. The number of nitrogens with zero attached hydrogens (tertiary/aromatic N) is 2.